The molecule has 0 amide bonds. The summed E-state index contributed by atoms with van der Waals surface area (Å²) in [5.74, 6) is -0.189. The highest BCUT2D eigenvalue weighted by atomic mass is 19.1. The quantitative estimate of drug-likeness (QED) is 0.880. The van der Waals surface area contributed by atoms with Gasteiger partial charge in [-0.2, -0.15) is 0 Å². The summed E-state index contributed by atoms with van der Waals surface area (Å²) < 4.78 is 13.3. The molecule has 0 aliphatic carbocycles. The van der Waals surface area contributed by atoms with Crippen molar-refractivity contribution >= 4 is 11.4 Å². The summed E-state index contributed by atoms with van der Waals surface area (Å²) in [5, 5.41) is 0. The highest BCUT2D eigenvalue weighted by molar-refractivity contribution is 5.58. The Morgan fingerprint density at radius 3 is 2.94 bits per heavy atom. The van der Waals surface area contributed by atoms with Crippen LogP contribution in [0.25, 0.3) is 0 Å². The van der Waals surface area contributed by atoms with Gasteiger partial charge < -0.3 is 10.6 Å². The molecule has 1 aliphatic heterocycles. The molecular weight excluding hydrogens is 229 g/mol. The van der Waals surface area contributed by atoms with Gasteiger partial charge in [-0.05, 0) is 36.2 Å². The highest BCUT2D eigenvalue weighted by Crippen LogP contribution is 2.29. The molecule has 0 saturated heterocycles. The average molecular weight is 243 g/mol. The minimum Gasteiger partial charge on any atom is -0.397 e. The zero-order valence-electron chi connectivity index (χ0n) is 9.94. The van der Waals surface area contributed by atoms with Crippen LogP contribution in [0.1, 0.15) is 11.3 Å². The minimum atomic E-state index is -0.189. The molecule has 1 aromatic heterocycles. The van der Waals surface area contributed by atoms with E-state index in [1.165, 1.54) is 11.6 Å². The van der Waals surface area contributed by atoms with Gasteiger partial charge in [0.15, 0.2) is 0 Å². The molecule has 1 aliphatic rings. The van der Waals surface area contributed by atoms with Crippen LogP contribution in [0, 0.1) is 5.82 Å². The summed E-state index contributed by atoms with van der Waals surface area (Å²) in [6.07, 6.45) is 2.61. The molecular formula is C14H14FN3. The average Bonchev–Trinajstić information content (AvgIpc) is 2.75. The van der Waals surface area contributed by atoms with Crippen molar-refractivity contribution in [3.63, 3.8) is 0 Å². The summed E-state index contributed by atoms with van der Waals surface area (Å²) in [4.78, 5) is 6.43. The smallest absolute Gasteiger partial charge is 0.125 e. The molecule has 0 unspecified atom stereocenters. The first-order valence-electron chi connectivity index (χ1n) is 5.96. The lowest BCUT2D eigenvalue weighted by Gasteiger charge is -2.18. The van der Waals surface area contributed by atoms with Crippen LogP contribution in [0.5, 0.6) is 0 Å². The van der Waals surface area contributed by atoms with E-state index in [1.54, 1.807) is 12.3 Å². The molecule has 92 valence electrons. The standard InChI is InChI=1S/C14H14FN3/c15-11-2-1-10-5-6-18(14(10)7-11)9-13-4-3-12(16)8-17-13/h1-4,7-8H,5-6,9,16H2. The SMILES string of the molecule is Nc1ccc(CN2CCc3ccc(F)cc32)nc1. The van der Waals surface area contributed by atoms with E-state index >= 15 is 0 Å². The Balaban J connectivity index is 1.84. The first-order chi connectivity index (χ1) is 8.72. The second-order valence-electron chi connectivity index (χ2n) is 4.53. The fourth-order valence-electron chi connectivity index (χ4n) is 2.31. The molecule has 2 heterocycles. The lowest BCUT2D eigenvalue weighted by molar-refractivity contribution is 0.627. The second-order valence-corrected chi connectivity index (χ2v) is 4.53. The van der Waals surface area contributed by atoms with Crippen LogP contribution in [0.4, 0.5) is 15.8 Å². The number of nitrogen functional groups attached to an aromatic ring is 1. The van der Waals surface area contributed by atoms with Crippen molar-refractivity contribution in [1.29, 1.82) is 0 Å². The number of hydrogen-bond donors (Lipinski definition) is 1. The van der Waals surface area contributed by atoms with E-state index in [-0.39, 0.29) is 5.82 Å². The third kappa shape index (κ3) is 2.01. The second kappa shape index (κ2) is 4.29. The van der Waals surface area contributed by atoms with Crippen molar-refractivity contribution in [2.24, 2.45) is 0 Å². The van der Waals surface area contributed by atoms with Crippen LogP contribution in [0.2, 0.25) is 0 Å². The van der Waals surface area contributed by atoms with Gasteiger partial charge in [0.1, 0.15) is 5.82 Å². The van der Waals surface area contributed by atoms with Gasteiger partial charge in [0, 0.05) is 12.2 Å². The van der Waals surface area contributed by atoms with Gasteiger partial charge in [-0.3, -0.25) is 4.98 Å². The number of rotatable bonds is 2. The van der Waals surface area contributed by atoms with Crippen LogP contribution in [0.3, 0.4) is 0 Å². The van der Waals surface area contributed by atoms with Crippen molar-refractivity contribution in [1.82, 2.24) is 4.98 Å². The van der Waals surface area contributed by atoms with Crippen molar-refractivity contribution in [2.45, 2.75) is 13.0 Å². The zero-order chi connectivity index (χ0) is 12.5. The number of halogens is 1. The van der Waals surface area contributed by atoms with Gasteiger partial charge in [0.2, 0.25) is 0 Å². The molecule has 0 saturated carbocycles. The van der Waals surface area contributed by atoms with E-state index in [1.807, 2.05) is 18.2 Å². The molecule has 0 atom stereocenters. The van der Waals surface area contributed by atoms with Crippen molar-refractivity contribution in [3.8, 4) is 0 Å². The Bertz CT molecular complexity index is 566. The summed E-state index contributed by atoms with van der Waals surface area (Å²) in [6, 6.07) is 8.72. The van der Waals surface area contributed by atoms with Crippen molar-refractivity contribution < 1.29 is 4.39 Å². The van der Waals surface area contributed by atoms with Crippen LogP contribution < -0.4 is 10.6 Å². The number of nitrogens with zero attached hydrogens (tertiary/aromatic N) is 2. The summed E-state index contributed by atoms with van der Waals surface area (Å²) in [6.45, 7) is 1.60. The van der Waals surface area contributed by atoms with Gasteiger partial charge in [-0.1, -0.05) is 6.07 Å². The molecule has 1 aromatic carbocycles. The van der Waals surface area contributed by atoms with Gasteiger partial charge in [-0.15, -0.1) is 0 Å². The largest absolute Gasteiger partial charge is 0.397 e. The molecule has 2 N–H and O–H groups in total. The van der Waals surface area contributed by atoms with E-state index in [9.17, 15) is 4.39 Å². The Labute approximate surface area is 105 Å². The van der Waals surface area contributed by atoms with E-state index in [0.29, 0.717) is 12.2 Å². The van der Waals surface area contributed by atoms with Gasteiger partial charge in [-0.25, -0.2) is 4.39 Å². The van der Waals surface area contributed by atoms with Crippen LogP contribution >= 0.6 is 0 Å². The number of nitrogens with two attached hydrogens (primary N) is 1. The maximum Gasteiger partial charge on any atom is 0.125 e. The topological polar surface area (TPSA) is 42.1 Å². The number of aromatic nitrogens is 1. The Morgan fingerprint density at radius 2 is 2.17 bits per heavy atom. The van der Waals surface area contributed by atoms with Gasteiger partial charge in [0.05, 0.1) is 24.1 Å². The molecule has 0 radical (unpaired) electrons. The third-order valence-electron chi connectivity index (χ3n) is 3.24. The fourth-order valence-corrected chi connectivity index (χ4v) is 2.31. The summed E-state index contributed by atoms with van der Waals surface area (Å²) in [5.41, 5.74) is 9.39. The molecule has 4 heteroatoms. The monoisotopic (exact) mass is 243 g/mol. The Hall–Kier alpha value is -2.10. The van der Waals surface area contributed by atoms with Gasteiger partial charge >= 0.3 is 0 Å². The minimum absolute atomic E-state index is 0.189. The van der Waals surface area contributed by atoms with Gasteiger partial charge in [0.25, 0.3) is 0 Å². The molecule has 18 heavy (non-hydrogen) atoms. The number of hydrogen-bond acceptors (Lipinski definition) is 3. The third-order valence-corrected chi connectivity index (χ3v) is 3.24. The first kappa shape index (κ1) is 11.0. The fraction of sp³-hybridized carbons (Fsp3) is 0.214. The lowest BCUT2D eigenvalue weighted by Crippen LogP contribution is -2.20. The summed E-state index contributed by atoms with van der Waals surface area (Å²) >= 11 is 0. The Morgan fingerprint density at radius 1 is 1.28 bits per heavy atom. The van der Waals surface area contributed by atoms with Crippen LogP contribution in [-0.2, 0) is 13.0 Å². The molecule has 3 nitrogen and oxygen atoms in total. The number of benzene rings is 1. The Kier molecular flexibility index (Phi) is 2.63. The molecule has 0 spiro atoms. The zero-order valence-corrected chi connectivity index (χ0v) is 9.94. The maximum absolute atomic E-state index is 13.3. The number of pyridine rings is 1. The van der Waals surface area contributed by atoms with Crippen molar-refractivity contribution in [3.05, 3.63) is 53.6 Å². The predicted octanol–water partition coefficient (Wildman–Crippen LogP) is 2.37. The highest BCUT2D eigenvalue weighted by Gasteiger charge is 2.19. The van der Waals surface area contributed by atoms with Crippen LogP contribution in [0.15, 0.2) is 36.5 Å². The number of anilines is 2. The lowest BCUT2D eigenvalue weighted by atomic mass is 10.2. The van der Waals surface area contributed by atoms with E-state index in [4.69, 9.17) is 5.73 Å². The normalized spacial score (nSPS) is 13.7. The maximum atomic E-state index is 13.3. The van der Waals surface area contributed by atoms with Crippen LogP contribution in [-0.4, -0.2) is 11.5 Å². The summed E-state index contributed by atoms with van der Waals surface area (Å²) in [7, 11) is 0. The first-order valence-corrected chi connectivity index (χ1v) is 5.96. The number of fused-ring (bicyclic) bond motifs is 1. The molecule has 2 aromatic rings. The van der Waals surface area contributed by atoms with E-state index in [2.05, 4.69) is 9.88 Å². The molecule has 0 bridgehead atoms. The predicted molar refractivity (Wildman–Crippen MR) is 69.8 cm³/mol. The van der Waals surface area contributed by atoms with Crippen molar-refractivity contribution in [2.75, 3.05) is 17.2 Å². The van der Waals surface area contributed by atoms with E-state index in [0.717, 1.165) is 24.3 Å². The molecule has 3 rings (SSSR count). The molecule has 0 fully saturated rings. The van der Waals surface area contributed by atoms with E-state index < -0.39 is 0 Å².